The Labute approximate surface area is 348 Å². The minimum atomic E-state index is 0.547. The Bertz CT molecular complexity index is 1320. The molecule has 2 aliphatic rings. The zero-order valence-corrected chi connectivity index (χ0v) is 38.0. The highest BCUT2D eigenvalue weighted by molar-refractivity contribution is 5.48. The predicted octanol–water partition coefficient (Wildman–Crippen LogP) is 10.7. The Morgan fingerprint density at radius 3 is 1.47 bits per heavy atom. The topological polar surface area (TPSA) is 83.5 Å². The summed E-state index contributed by atoms with van der Waals surface area (Å²) in [5.41, 5.74) is 5.83. The van der Waals surface area contributed by atoms with E-state index in [9.17, 15) is 0 Å². The van der Waals surface area contributed by atoms with E-state index in [-0.39, 0.29) is 0 Å². The van der Waals surface area contributed by atoms with E-state index >= 15 is 0 Å². The van der Waals surface area contributed by atoms with Crippen molar-refractivity contribution >= 4 is 11.4 Å². The summed E-state index contributed by atoms with van der Waals surface area (Å²) >= 11 is 0. The van der Waals surface area contributed by atoms with Gasteiger partial charge in [0.1, 0.15) is 18.2 Å². The van der Waals surface area contributed by atoms with Crippen molar-refractivity contribution in [1.29, 1.82) is 0 Å². The summed E-state index contributed by atoms with van der Waals surface area (Å²) < 4.78 is 20.8. The van der Waals surface area contributed by atoms with Gasteiger partial charge in [0, 0.05) is 102 Å². The summed E-state index contributed by atoms with van der Waals surface area (Å²) in [7, 11) is 0. The van der Waals surface area contributed by atoms with E-state index in [1.54, 1.807) is 12.5 Å². The van der Waals surface area contributed by atoms with Gasteiger partial charge in [-0.3, -0.25) is 9.80 Å². The lowest BCUT2D eigenvalue weighted by atomic mass is 10.2. The predicted molar refractivity (Wildman–Crippen MR) is 243 cm³/mol. The average molecular weight is 795 g/mol. The minimum Gasteiger partial charge on any atom is -0.381 e. The standard InChI is InChI=1S/C19H27N3O2.C18H25N3O2.5C2H6/c1-17-4-6-19(7-5-17)22-12-10-21(11-13-22)9-2-3-14-23-16-18-8-15-24-20-18;1-2-5-18(6-3-1)21-12-10-20(11-13-21)9-4-14-22-15-7-17-8-16-23-19-17;5*1-2/h4-8,15H,2-3,9-14,16H2,1H3;1-3,5-6,8,16H,4,7,9-15H2;5*1-2H3. The van der Waals surface area contributed by atoms with Crippen LogP contribution in [-0.4, -0.2) is 105 Å². The molecule has 0 saturated carbocycles. The first-order chi connectivity index (χ1) is 28.2. The van der Waals surface area contributed by atoms with Crippen LogP contribution in [0.15, 0.2) is 88.3 Å². The molecule has 2 aromatic carbocycles. The van der Waals surface area contributed by atoms with Crippen molar-refractivity contribution in [3.05, 3.63) is 96.2 Å². The van der Waals surface area contributed by atoms with Gasteiger partial charge in [-0.15, -0.1) is 0 Å². The van der Waals surface area contributed by atoms with E-state index in [2.05, 4.69) is 91.4 Å². The highest BCUT2D eigenvalue weighted by atomic mass is 16.5. The van der Waals surface area contributed by atoms with Crippen molar-refractivity contribution < 1.29 is 18.5 Å². The Hall–Kier alpha value is -3.70. The molecular weight excluding hydrogens is 713 g/mol. The molecule has 6 rings (SSSR count). The molecule has 2 aliphatic heterocycles. The van der Waals surface area contributed by atoms with E-state index in [1.807, 2.05) is 81.4 Å². The van der Waals surface area contributed by atoms with Crippen LogP contribution in [-0.2, 0) is 22.5 Å². The number of piperazine rings is 2. The second-order valence-corrected chi connectivity index (χ2v) is 12.3. The summed E-state index contributed by atoms with van der Waals surface area (Å²) in [6, 6.07) is 23.3. The molecule has 0 bridgehead atoms. The fourth-order valence-corrected chi connectivity index (χ4v) is 5.92. The number of aromatic nitrogens is 2. The number of aryl methyl sites for hydroxylation is 1. The van der Waals surface area contributed by atoms with Gasteiger partial charge in [0.2, 0.25) is 0 Å². The molecule has 0 unspecified atom stereocenters. The van der Waals surface area contributed by atoms with Gasteiger partial charge in [0.25, 0.3) is 0 Å². The molecule has 0 amide bonds. The van der Waals surface area contributed by atoms with E-state index in [0.29, 0.717) is 13.2 Å². The number of hydrogen-bond acceptors (Lipinski definition) is 10. The number of benzene rings is 2. The second kappa shape index (κ2) is 37.9. The van der Waals surface area contributed by atoms with Crippen molar-refractivity contribution in [2.75, 3.05) is 95.1 Å². The molecule has 0 aliphatic carbocycles. The molecule has 10 nitrogen and oxygen atoms in total. The summed E-state index contributed by atoms with van der Waals surface area (Å²) in [5.74, 6) is 0. The zero-order valence-electron chi connectivity index (χ0n) is 38.0. The van der Waals surface area contributed by atoms with Crippen molar-refractivity contribution in [3.63, 3.8) is 0 Å². The van der Waals surface area contributed by atoms with Crippen molar-refractivity contribution in [2.24, 2.45) is 0 Å². The first-order valence-corrected chi connectivity index (χ1v) is 22.2. The van der Waals surface area contributed by atoms with Crippen LogP contribution < -0.4 is 9.80 Å². The molecule has 10 heteroatoms. The van der Waals surface area contributed by atoms with Crippen LogP contribution >= 0.6 is 0 Å². The Morgan fingerprint density at radius 1 is 0.491 bits per heavy atom. The SMILES string of the molecule is CC.CC.CC.CC.CC.Cc1ccc(N2CCN(CCCCOCc3ccon3)CC2)cc1.c1ccc(N2CCN(CCCOCCc3ccon3)CC2)cc1. The van der Waals surface area contributed by atoms with Crippen molar-refractivity contribution in [2.45, 2.75) is 108 Å². The normalized spacial score (nSPS) is 13.6. The van der Waals surface area contributed by atoms with E-state index < -0.39 is 0 Å². The maximum atomic E-state index is 5.67. The third-order valence-electron chi connectivity index (χ3n) is 8.78. The van der Waals surface area contributed by atoms with Crippen LogP contribution in [0.1, 0.15) is 105 Å². The lowest BCUT2D eigenvalue weighted by Gasteiger charge is -2.36. The fourth-order valence-electron chi connectivity index (χ4n) is 5.92. The van der Waals surface area contributed by atoms with E-state index in [4.69, 9.17) is 18.5 Å². The number of unbranched alkanes of at least 4 members (excludes halogenated alkanes) is 1. The molecule has 324 valence electrons. The monoisotopic (exact) mass is 795 g/mol. The minimum absolute atomic E-state index is 0.547. The molecule has 0 radical (unpaired) electrons. The number of rotatable bonds is 16. The zero-order chi connectivity index (χ0) is 42.4. The molecule has 0 N–H and O–H groups in total. The van der Waals surface area contributed by atoms with Crippen molar-refractivity contribution in [1.82, 2.24) is 20.1 Å². The third-order valence-corrected chi connectivity index (χ3v) is 8.78. The van der Waals surface area contributed by atoms with Crippen LogP contribution in [0.2, 0.25) is 0 Å². The Balaban J connectivity index is 0.000000904. The molecule has 4 heterocycles. The van der Waals surface area contributed by atoms with E-state index in [0.717, 1.165) is 109 Å². The van der Waals surface area contributed by atoms with Gasteiger partial charge >= 0.3 is 0 Å². The number of ether oxygens (including phenoxy) is 2. The van der Waals surface area contributed by atoms with Crippen LogP contribution in [0.3, 0.4) is 0 Å². The van der Waals surface area contributed by atoms with Gasteiger partial charge in [-0.05, 0) is 57.0 Å². The molecule has 0 atom stereocenters. The Kier molecular flexibility index (Phi) is 35.4. The second-order valence-electron chi connectivity index (χ2n) is 12.3. The van der Waals surface area contributed by atoms with E-state index in [1.165, 1.54) is 23.4 Å². The average Bonchev–Trinajstić information content (AvgIpc) is 4.04. The highest BCUT2D eigenvalue weighted by Crippen LogP contribution is 2.18. The largest absolute Gasteiger partial charge is 0.381 e. The first kappa shape index (κ1) is 53.3. The van der Waals surface area contributed by atoms with Gasteiger partial charge in [0.05, 0.1) is 18.9 Å². The molecule has 2 fully saturated rings. The van der Waals surface area contributed by atoms with Crippen molar-refractivity contribution in [3.8, 4) is 0 Å². The summed E-state index contributed by atoms with van der Waals surface area (Å²) in [6.07, 6.45) is 7.37. The molecule has 2 saturated heterocycles. The van der Waals surface area contributed by atoms with Gasteiger partial charge in [-0.25, -0.2) is 0 Å². The summed E-state index contributed by atoms with van der Waals surface area (Å²) in [5, 5.41) is 7.70. The number of nitrogens with zero attached hydrogens (tertiary/aromatic N) is 6. The van der Waals surface area contributed by atoms with Crippen LogP contribution in [0.4, 0.5) is 11.4 Å². The molecular formula is C47H82N6O4. The number of anilines is 2. The van der Waals surface area contributed by atoms with Gasteiger partial charge < -0.3 is 28.3 Å². The van der Waals surface area contributed by atoms with Crippen LogP contribution in [0.5, 0.6) is 0 Å². The van der Waals surface area contributed by atoms with Gasteiger partial charge in [0.15, 0.2) is 0 Å². The van der Waals surface area contributed by atoms with Crippen LogP contribution in [0, 0.1) is 6.92 Å². The fraction of sp³-hybridized carbons (Fsp3) is 0.617. The summed E-state index contributed by atoms with van der Waals surface area (Å²) in [4.78, 5) is 10.0. The Morgan fingerprint density at radius 2 is 0.965 bits per heavy atom. The van der Waals surface area contributed by atoms with Gasteiger partial charge in [-0.2, -0.15) is 0 Å². The number of para-hydroxylation sites is 1. The maximum absolute atomic E-state index is 5.67. The maximum Gasteiger partial charge on any atom is 0.124 e. The first-order valence-electron chi connectivity index (χ1n) is 22.2. The molecule has 0 spiro atoms. The lowest BCUT2D eigenvalue weighted by molar-refractivity contribution is 0.109. The lowest BCUT2D eigenvalue weighted by Crippen LogP contribution is -2.46. The van der Waals surface area contributed by atoms with Crippen LogP contribution in [0.25, 0.3) is 0 Å². The summed E-state index contributed by atoms with van der Waals surface area (Å²) in [6.45, 7) is 36.3. The molecule has 4 aromatic rings. The quantitative estimate of drug-likeness (QED) is 0.102. The number of hydrogen-bond donors (Lipinski definition) is 0. The smallest absolute Gasteiger partial charge is 0.124 e. The molecule has 57 heavy (non-hydrogen) atoms. The molecule has 2 aromatic heterocycles. The van der Waals surface area contributed by atoms with Gasteiger partial charge in [-0.1, -0.05) is 115 Å². The highest BCUT2D eigenvalue weighted by Gasteiger charge is 2.17. The third kappa shape index (κ3) is 24.0.